The van der Waals surface area contributed by atoms with Gasteiger partial charge in [0.15, 0.2) is 11.3 Å². The van der Waals surface area contributed by atoms with Crippen LogP contribution in [0.1, 0.15) is 26.3 Å². The average molecular weight is 731 g/mol. The van der Waals surface area contributed by atoms with Crippen LogP contribution in [0.25, 0.3) is 87.9 Å². The lowest BCUT2D eigenvalue weighted by molar-refractivity contribution is 0.590. The molecule has 8 aromatic carbocycles. The smallest absolute Gasteiger partial charge is 0.336 e. The Bertz CT molecular complexity index is 3530. The second kappa shape index (κ2) is 10.9. The van der Waals surface area contributed by atoms with Gasteiger partial charge in [-0.25, -0.2) is 0 Å². The van der Waals surface area contributed by atoms with Gasteiger partial charge in [-0.1, -0.05) is 148 Å². The second-order valence-corrected chi connectivity index (χ2v) is 16.8. The molecular formula is C52H35BN2O2. The molecule has 5 heterocycles. The van der Waals surface area contributed by atoms with Crippen molar-refractivity contribution in [3.05, 3.63) is 163 Å². The number of aromatic nitrogens is 1. The maximum absolute atomic E-state index is 7.06. The SMILES string of the molecule is CC(C)(C)c1ccc(N2c3cc4ccccc4c4c3B(c3ccc5c(oc6ccccc65)c32)n2c3oc5ccccc5c3c3cccc-4c32)c(-c2ccccc2)c1. The number of rotatable bonds is 2. The highest BCUT2D eigenvalue weighted by molar-refractivity contribution is 6.90. The van der Waals surface area contributed by atoms with Gasteiger partial charge in [0.1, 0.15) is 11.2 Å². The summed E-state index contributed by atoms with van der Waals surface area (Å²) in [5.74, 6) is 0. The molecule has 268 valence electrons. The molecular weight excluding hydrogens is 695 g/mol. The van der Waals surface area contributed by atoms with E-state index < -0.39 is 0 Å². The second-order valence-electron chi connectivity index (χ2n) is 16.8. The van der Waals surface area contributed by atoms with Crippen molar-refractivity contribution in [1.82, 2.24) is 4.48 Å². The minimum atomic E-state index is -0.187. The average Bonchev–Trinajstić information content (AvgIpc) is 3.91. The van der Waals surface area contributed by atoms with Gasteiger partial charge in [-0.05, 0) is 74.1 Å². The molecule has 2 aliphatic heterocycles. The van der Waals surface area contributed by atoms with Gasteiger partial charge in [-0.2, -0.15) is 0 Å². The summed E-state index contributed by atoms with van der Waals surface area (Å²) in [6, 6.07) is 57.6. The summed E-state index contributed by atoms with van der Waals surface area (Å²) in [7, 11) is 0. The van der Waals surface area contributed by atoms with Crippen LogP contribution in [0.4, 0.5) is 17.1 Å². The van der Waals surface area contributed by atoms with Crippen LogP contribution < -0.4 is 15.8 Å². The number of furan rings is 2. The maximum Gasteiger partial charge on any atom is 0.336 e. The van der Waals surface area contributed by atoms with Gasteiger partial charge < -0.3 is 18.2 Å². The normalized spacial score (nSPS) is 13.5. The summed E-state index contributed by atoms with van der Waals surface area (Å²) in [4.78, 5) is 2.53. The molecule has 0 atom stereocenters. The van der Waals surface area contributed by atoms with Gasteiger partial charge in [0.05, 0.1) is 16.8 Å². The van der Waals surface area contributed by atoms with E-state index in [4.69, 9.17) is 8.83 Å². The molecule has 0 N–H and O–H groups in total. The first kappa shape index (κ1) is 31.3. The third-order valence-corrected chi connectivity index (χ3v) is 12.7. The molecule has 57 heavy (non-hydrogen) atoms. The summed E-state index contributed by atoms with van der Waals surface area (Å²) in [5, 5.41) is 8.19. The van der Waals surface area contributed by atoms with Crippen molar-refractivity contribution >= 4 is 101 Å². The fourth-order valence-corrected chi connectivity index (χ4v) is 10.2. The topological polar surface area (TPSA) is 34.5 Å². The van der Waals surface area contributed by atoms with E-state index in [9.17, 15) is 0 Å². The van der Waals surface area contributed by atoms with Crippen molar-refractivity contribution in [1.29, 1.82) is 0 Å². The summed E-state index contributed by atoms with van der Waals surface area (Å²) >= 11 is 0. The zero-order valence-corrected chi connectivity index (χ0v) is 31.8. The summed E-state index contributed by atoms with van der Waals surface area (Å²) in [5.41, 5.74) is 16.7. The van der Waals surface area contributed by atoms with E-state index in [1.165, 1.54) is 65.8 Å². The van der Waals surface area contributed by atoms with E-state index in [0.29, 0.717) is 0 Å². The van der Waals surface area contributed by atoms with Crippen molar-refractivity contribution in [3.63, 3.8) is 0 Å². The molecule has 3 aromatic heterocycles. The van der Waals surface area contributed by atoms with E-state index in [1.54, 1.807) is 0 Å². The molecule has 0 spiro atoms. The number of hydrogen-bond acceptors (Lipinski definition) is 3. The minimum Gasteiger partial charge on any atom is -0.454 e. The quantitative estimate of drug-likeness (QED) is 0.166. The number of benzene rings is 8. The van der Waals surface area contributed by atoms with Crippen LogP contribution in [0.3, 0.4) is 0 Å². The van der Waals surface area contributed by atoms with E-state index >= 15 is 0 Å². The predicted molar refractivity (Wildman–Crippen MR) is 239 cm³/mol. The fraction of sp³-hybridized carbons (Fsp3) is 0.0769. The molecule has 0 saturated carbocycles. The molecule has 11 aromatic rings. The zero-order valence-electron chi connectivity index (χ0n) is 31.8. The Morgan fingerprint density at radius 3 is 2.09 bits per heavy atom. The van der Waals surface area contributed by atoms with Crippen LogP contribution in [-0.2, 0) is 5.41 Å². The molecule has 0 unspecified atom stereocenters. The van der Waals surface area contributed by atoms with Crippen molar-refractivity contribution in [2.45, 2.75) is 26.2 Å². The number of fused-ring (bicyclic) bond motifs is 15. The molecule has 2 aliphatic rings. The molecule has 0 aliphatic carbocycles. The lowest BCUT2D eigenvalue weighted by atomic mass is 9.44. The van der Waals surface area contributed by atoms with Gasteiger partial charge in [0.2, 0.25) is 0 Å². The van der Waals surface area contributed by atoms with E-state index in [0.717, 1.165) is 55.7 Å². The van der Waals surface area contributed by atoms with Crippen LogP contribution in [0, 0.1) is 0 Å². The summed E-state index contributed by atoms with van der Waals surface area (Å²) < 4.78 is 16.5. The van der Waals surface area contributed by atoms with Gasteiger partial charge >= 0.3 is 6.85 Å². The first-order chi connectivity index (χ1) is 27.9. The first-order valence-electron chi connectivity index (χ1n) is 19.9. The zero-order chi connectivity index (χ0) is 37.7. The van der Waals surface area contributed by atoms with Crippen LogP contribution >= 0.6 is 0 Å². The van der Waals surface area contributed by atoms with Gasteiger partial charge in [-0.15, -0.1) is 0 Å². The van der Waals surface area contributed by atoms with Crippen molar-refractivity contribution < 1.29 is 8.83 Å². The molecule has 13 rings (SSSR count). The fourth-order valence-electron chi connectivity index (χ4n) is 10.2. The molecule has 0 amide bonds. The third kappa shape index (κ3) is 4.03. The lowest BCUT2D eigenvalue weighted by Gasteiger charge is -2.41. The van der Waals surface area contributed by atoms with E-state index in [-0.39, 0.29) is 12.3 Å². The predicted octanol–water partition coefficient (Wildman–Crippen LogP) is 13.0. The van der Waals surface area contributed by atoms with Crippen molar-refractivity contribution in [2.24, 2.45) is 0 Å². The van der Waals surface area contributed by atoms with Crippen LogP contribution in [-0.4, -0.2) is 11.3 Å². The van der Waals surface area contributed by atoms with Gasteiger partial charge in [0.25, 0.3) is 0 Å². The first-order valence-corrected chi connectivity index (χ1v) is 19.9. The van der Waals surface area contributed by atoms with E-state index in [1.807, 2.05) is 0 Å². The highest BCUT2D eigenvalue weighted by Crippen LogP contribution is 2.52. The molecule has 0 saturated heterocycles. The Morgan fingerprint density at radius 2 is 1.26 bits per heavy atom. The number of nitrogens with zero attached hydrogens (tertiary/aromatic N) is 2. The Balaban J connectivity index is 1.25. The highest BCUT2D eigenvalue weighted by atomic mass is 16.3. The minimum absolute atomic E-state index is 0.0391. The van der Waals surface area contributed by atoms with Crippen molar-refractivity contribution in [3.8, 4) is 22.3 Å². The lowest BCUT2D eigenvalue weighted by Crippen LogP contribution is -2.56. The Labute approximate surface area is 329 Å². The Kier molecular flexibility index (Phi) is 5.96. The van der Waals surface area contributed by atoms with Gasteiger partial charge in [-0.3, -0.25) is 0 Å². The molecule has 4 nitrogen and oxygen atoms in total. The molecule has 0 bridgehead atoms. The molecule has 5 heteroatoms. The number of anilines is 3. The number of para-hydroxylation sites is 3. The summed E-state index contributed by atoms with van der Waals surface area (Å²) in [6.07, 6.45) is 0. The van der Waals surface area contributed by atoms with Crippen LogP contribution in [0.2, 0.25) is 0 Å². The number of hydrogen-bond donors (Lipinski definition) is 0. The largest absolute Gasteiger partial charge is 0.454 e. The van der Waals surface area contributed by atoms with Crippen molar-refractivity contribution in [2.75, 3.05) is 4.90 Å². The standard InChI is InChI=1S/C52H35BN2O2/c1-52(2,3)32-24-27-41(39(29-32)30-14-5-4-6-15-30)54-42-28-31-16-7-8-17-33(31)45-37-20-13-21-38-46-36-19-10-12-23-44(36)57-51(46)55(48(37)38)53(47(42)45)40-26-25-35-34-18-9-11-22-43(34)56-50(35)49(40)54/h4-29H,1-3H3. The molecule has 0 radical (unpaired) electrons. The Hall–Kier alpha value is -6.98. The van der Waals surface area contributed by atoms with Crippen LogP contribution in [0.15, 0.2) is 167 Å². The Morgan fingerprint density at radius 1 is 0.544 bits per heavy atom. The summed E-state index contributed by atoms with van der Waals surface area (Å²) in [6.45, 7) is 6.70. The monoisotopic (exact) mass is 730 g/mol. The molecule has 0 fully saturated rings. The highest BCUT2D eigenvalue weighted by Gasteiger charge is 2.46. The third-order valence-electron chi connectivity index (χ3n) is 12.7. The van der Waals surface area contributed by atoms with E-state index in [2.05, 4.69) is 188 Å². The van der Waals surface area contributed by atoms with Gasteiger partial charge in [0, 0.05) is 43.9 Å². The van der Waals surface area contributed by atoms with Crippen LogP contribution in [0.5, 0.6) is 0 Å². The maximum atomic E-state index is 7.06.